The third kappa shape index (κ3) is 1.09. The first-order chi connectivity index (χ1) is 5.74. The van der Waals surface area contributed by atoms with Gasteiger partial charge in [-0.15, -0.1) is 0 Å². The van der Waals surface area contributed by atoms with E-state index in [4.69, 9.17) is 5.73 Å². The maximum Gasteiger partial charge on any atom is 0.0254 e. The zero-order chi connectivity index (χ0) is 8.72. The van der Waals surface area contributed by atoms with Crippen molar-refractivity contribution in [1.82, 2.24) is 4.90 Å². The molecule has 4 atom stereocenters. The van der Waals surface area contributed by atoms with Gasteiger partial charge in [0.1, 0.15) is 0 Å². The topological polar surface area (TPSA) is 29.3 Å². The maximum atomic E-state index is 6.06. The van der Waals surface area contributed by atoms with E-state index < -0.39 is 0 Å². The number of nitrogens with two attached hydrogens (primary N) is 1. The minimum absolute atomic E-state index is 0.470. The molecule has 0 spiro atoms. The molecule has 2 unspecified atom stereocenters. The van der Waals surface area contributed by atoms with Gasteiger partial charge in [-0.2, -0.15) is 0 Å². The quantitative estimate of drug-likeness (QED) is 0.674. The third-order valence-corrected chi connectivity index (χ3v) is 3.74. The zero-order valence-electron chi connectivity index (χ0n) is 8.16. The van der Waals surface area contributed by atoms with Gasteiger partial charge in [0.2, 0.25) is 0 Å². The van der Waals surface area contributed by atoms with Crippen LogP contribution in [0.15, 0.2) is 0 Å². The summed E-state index contributed by atoms with van der Waals surface area (Å²) in [4.78, 5) is 2.67. The summed E-state index contributed by atoms with van der Waals surface area (Å²) in [6.45, 7) is 4.61. The summed E-state index contributed by atoms with van der Waals surface area (Å²) < 4.78 is 0. The molecule has 2 aliphatic heterocycles. The highest BCUT2D eigenvalue weighted by atomic mass is 15.3. The average molecular weight is 168 g/mol. The Morgan fingerprint density at radius 1 is 1.50 bits per heavy atom. The molecule has 2 heterocycles. The Morgan fingerprint density at radius 3 is 2.67 bits per heavy atom. The van der Waals surface area contributed by atoms with Crippen molar-refractivity contribution in [3.63, 3.8) is 0 Å². The fourth-order valence-corrected chi connectivity index (χ4v) is 2.98. The lowest BCUT2D eigenvalue weighted by Crippen LogP contribution is -2.41. The molecule has 2 rings (SSSR count). The van der Waals surface area contributed by atoms with E-state index in [1.165, 1.54) is 25.7 Å². The molecule has 70 valence electrons. The number of fused-ring (bicyclic) bond motifs is 2. The van der Waals surface area contributed by atoms with Crippen molar-refractivity contribution in [2.24, 2.45) is 5.73 Å². The summed E-state index contributed by atoms with van der Waals surface area (Å²) in [6, 6.07) is 2.75. The van der Waals surface area contributed by atoms with Crippen LogP contribution in [0.3, 0.4) is 0 Å². The summed E-state index contributed by atoms with van der Waals surface area (Å²) in [6.07, 6.45) is 5.24. The van der Waals surface area contributed by atoms with Crippen LogP contribution in [0.1, 0.15) is 39.5 Å². The van der Waals surface area contributed by atoms with Crippen molar-refractivity contribution in [1.29, 1.82) is 0 Å². The van der Waals surface area contributed by atoms with Crippen molar-refractivity contribution in [3.8, 4) is 0 Å². The molecule has 0 aliphatic carbocycles. The van der Waals surface area contributed by atoms with E-state index in [1.807, 2.05) is 0 Å². The minimum Gasteiger partial charge on any atom is -0.326 e. The first kappa shape index (κ1) is 8.52. The lowest BCUT2D eigenvalue weighted by molar-refractivity contribution is 0.180. The van der Waals surface area contributed by atoms with E-state index in [0.717, 1.165) is 12.1 Å². The Balaban J connectivity index is 2.08. The van der Waals surface area contributed by atoms with Gasteiger partial charge in [0, 0.05) is 24.2 Å². The second-order valence-electron chi connectivity index (χ2n) is 4.40. The molecule has 0 aromatic carbocycles. The Labute approximate surface area is 75.1 Å². The molecule has 2 bridgehead atoms. The molecule has 2 nitrogen and oxygen atoms in total. The summed E-state index contributed by atoms with van der Waals surface area (Å²) in [5, 5.41) is 0. The minimum atomic E-state index is 0.470. The molecule has 2 saturated heterocycles. The van der Waals surface area contributed by atoms with Gasteiger partial charge in [0.15, 0.2) is 0 Å². The third-order valence-electron chi connectivity index (χ3n) is 3.74. The fraction of sp³-hybridized carbons (Fsp3) is 1.00. The highest BCUT2D eigenvalue weighted by Gasteiger charge is 2.45. The predicted molar refractivity (Wildman–Crippen MR) is 51.0 cm³/mol. The van der Waals surface area contributed by atoms with Crippen molar-refractivity contribution in [2.75, 3.05) is 0 Å². The largest absolute Gasteiger partial charge is 0.326 e. The van der Waals surface area contributed by atoms with Crippen molar-refractivity contribution in [2.45, 2.75) is 63.7 Å². The van der Waals surface area contributed by atoms with Crippen LogP contribution in [0, 0.1) is 0 Å². The summed E-state index contributed by atoms with van der Waals surface area (Å²) in [5.41, 5.74) is 6.06. The van der Waals surface area contributed by atoms with Gasteiger partial charge in [-0.1, -0.05) is 6.92 Å². The zero-order valence-corrected chi connectivity index (χ0v) is 8.16. The van der Waals surface area contributed by atoms with E-state index >= 15 is 0 Å². The Morgan fingerprint density at radius 2 is 2.25 bits per heavy atom. The van der Waals surface area contributed by atoms with Crippen LogP contribution < -0.4 is 5.73 Å². The molecule has 0 saturated carbocycles. The van der Waals surface area contributed by atoms with Crippen LogP contribution in [0.4, 0.5) is 0 Å². The first-order valence-corrected chi connectivity index (χ1v) is 5.27. The van der Waals surface area contributed by atoms with Crippen LogP contribution in [0.2, 0.25) is 0 Å². The molecule has 0 amide bonds. The molecule has 12 heavy (non-hydrogen) atoms. The average Bonchev–Trinajstić information content (AvgIpc) is 2.59. The van der Waals surface area contributed by atoms with Crippen LogP contribution in [-0.4, -0.2) is 29.1 Å². The smallest absolute Gasteiger partial charge is 0.0254 e. The highest BCUT2D eigenvalue weighted by molar-refractivity contribution is 5.03. The van der Waals surface area contributed by atoms with E-state index in [1.54, 1.807) is 0 Å². The van der Waals surface area contributed by atoms with Gasteiger partial charge in [0.25, 0.3) is 0 Å². The summed E-state index contributed by atoms with van der Waals surface area (Å²) in [5.74, 6) is 0. The van der Waals surface area contributed by atoms with Gasteiger partial charge in [0.05, 0.1) is 0 Å². The monoisotopic (exact) mass is 168 g/mol. The van der Waals surface area contributed by atoms with Gasteiger partial charge in [-0.25, -0.2) is 0 Å². The molecule has 2 heteroatoms. The lowest BCUT2D eigenvalue weighted by atomic mass is 9.96. The fourth-order valence-electron chi connectivity index (χ4n) is 2.98. The lowest BCUT2D eigenvalue weighted by Gasteiger charge is -2.28. The molecule has 0 aromatic heterocycles. The predicted octanol–water partition coefficient (Wildman–Crippen LogP) is 1.35. The van der Waals surface area contributed by atoms with Crippen LogP contribution in [0.25, 0.3) is 0 Å². The standard InChI is InChI=1S/C10H20N2/c1-3-7(2)12-8-4-5-10(12)9(11)6-8/h7-10H,3-6,11H2,1-2H3/t7?,8-,9?,10+/m0/s1. The molecule has 2 fully saturated rings. The number of rotatable bonds is 2. The van der Waals surface area contributed by atoms with Crippen molar-refractivity contribution >= 4 is 0 Å². The molecule has 2 aliphatic rings. The molecule has 0 radical (unpaired) electrons. The van der Waals surface area contributed by atoms with Gasteiger partial charge < -0.3 is 5.73 Å². The molecule has 2 N–H and O–H groups in total. The van der Waals surface area contributed by atoms with Gasteiger partial charge in [-0.3, -0.25) is 4.90 Å². The van der Waals surface area contributed by atoms with Crippen LogP contribution in [-0.2, 0) is 0 Å². The second-order valence-corrected chi connectivity index (χ2v) is 4.40. The van der Waals surface area contributed by atoms with Crippen molar-refractivity contribution < 1.29 is 0 Å². The normalized spacial score (nSPS) is 43.8. The summed E-state index contributed by atoms with van der Waals surface area (Å²) >= 11 is 0. The number of hydrogen-bond acceptors (Lipinski definition) is 2. The highest BCUT2D eigenvalue weighted by Crippen LogP contribution is 2.38. The van der Waals surface area contributed by atoms with Crippen molar-refractivity contribution in [3.05, 3.63) is 0 Å². The summed E-state index contributed by atoms with van der Waals surface area (Å²) in [7, 11) is 0. The van der Waals surface area contributed by atoms with Crippen LogP contribution in [0.5, 0.6) is 0 Å². The first-order valence-electron chi connectivity index (χ1n) is 5.27. The Kier molecular flexibility index (Phi) is 2.13. The second kappa shape index (κ2) is 3.00. The van der Waals surface area contributed by atoms with E-state index in [9.17, 15) is 0 Å². The van der Waals surface area contributed by atoms with Gasteiger partial charge >= 0.3 is 0 Å². The SMILES string of the molecule is CCC(C)N1[C@H]2CC[C@@H]1C(N)C2. The van der Waals surface area contributed by atoms with E-state index in [-0.39, 0.29) is 0 Å². The number of nitrogens with zero attached hydrogens (tertiary/aromatic N) is 1. The Bertz CT molecular complexity index is 169. The maximum absolute atomic E-state index is 6.06. The molecular weight excluding hydrogens is 148 g/mol. The van der Waals surface area contributed by atoms with Gasteiger partial charge in [-0.05, 0) is 32.6 Å². The van der Waals surface area contributed by atoms with E-state index in [2.05, 4.69) is 18.7 Å². The molecule has 0 aromatic rings. The Hall–Kier alpha value is -0.0800. The van der Waals surface area contributed by atoms with E-state index in [0.29, 0.717) is 12.1 Å². The molecular formula is C10H20N2. The van der Waals surface area contributed by atoms with Crippen LogP contribution >= 0.6 is 0 Å². The number of hydrogen-bond donors (Lipinski definition) is 1.